The van der Waals surface area contributed by atoms with Crippen molar-refractivity contribution < 1.29 is 9.53 Å². The minimum absolute atomic E-state index is 0.0782. The lowest BCUT2D eigenvalue weighted by Gasteiger charge is -2.08. The van der Waals surface area contributed by atoms with E-state index >= 15 is 0 Å². The number of carbonyl (C=O) groups excluding carboxylic acids is 1. The highest BCUT2D eigenvalue weighted by Gasteiger charge is 2.21. The highest BCUT2D eigenvalue weighted by atomic mass is 35.5. The van der Waals surface area contributed by atoms with Gasteiger partial charge in [0, 0.05) is 0 Å². The summed E-state index contributed by atoms with van der Waals surface area (Å²) in [6.45, 7) is 0. The van der Waals surface area contributed by atoms with E-state index in [1.54, 1.807) is 36.4 Å². The van der Waals surface area contributed by atoms with Crippen molar-refractivity contribution in [3.05, 3.63) is 71.6 Å². The number of hydrogen-bond acceptors (Lipinski definition) is 2. The molecule has 0 aliphatic carbocycles. The van der Waals surface area contributed by atoms with Crippen LogP contribution in [0, 0.1) is 5.38 Å². The molecule has 17 heavy (non-hydrogen) atoms. The van der Waals surface area contributed by atoms with Crippen molar-refractivity contribution in [3.63, 3.8) is 0 Å². The van der Waals surface area contributed by atoms with Gasteiger partial charge in [0.05, 0.1) is 0 Å². The lowest BCUT2D eigenvalue weighted by Crippen LogP contribution is -2.15. The van der Waals surface area contributed by atoms with Crippen molar-refractivity contribution in [2.24, 2.45) is 0 Å². The summed E-state index contributed by atoms with van der Waals surface area (Å²) < 4.78 is 5.12. The number of hydrogen-bond donors (Lipinski definition) is 0. The number of ether oxygens (including phenoxy) is 1. The Morgan fingerprint density at radius 3 is 2.00 bits per heavy atom. The molecule has 0 saturated heterocycles. The molecule has 2 aromatic carbocycles. The summed E-state index contributed by atoms with van der Waals surface area (Å²) in [6, 6.07) is 17.8. The van der Waals surface area contributed by atoms with Gasteiger partial charge < -0.3 is 4.74 Å². The monoisotopic (exact) mass is 245 g/mol. The van der Waals surface area contributed by atoms with Gasteiger partial charge in [-0.15, -0.1) is 0 Å². The molecular formula is C14H10ClO2. The predicted octanol–water partition coefficient (Wildman–Crippen LogP) is 3.41. The standard InChI is InChI=1S/C14H10ClO2/c15-13(11-7-3-1-4-8-11)14(16)17-12-9-5-2-6-10-12/h1-10H. The Morgan fingerprint density at radius 2 is 1.41 bits per heavy atom. The van der Waals surface area contributed by atoms with E-state index in [1.165, 1.54) is 0 Å². The molecule has 0 N–H and O–H groups in total. The smallest absolute Gasteiger partial charge is 0.340 e. The van der Waals surface area contributed by atoms with E-state index in [2.05, 4.69) is 0 Å². The van der Waals surface area contributed by atoms with E-state index in [9.17, 15) is 4.79 Å². The molecule has 0 saturated carbocycles. The third-order valence-electron chi connectivity index (χ3n) is 2.16. The maximum absolute atomic E-state index is 11.7. The van der Waals surface area contributed by atoms with Crippen LogP contribution in [-0.4, -0.2) is 5.97 Å². The minimum Gasteiger partial charge on any atom is -0.425 e. The molecule has 0 aromatic heterocycles. The van der Waals surface area contributed by atoms with Crippen LogP contribution in [-0.2, 0) is 4.79 Å². The predicted molar refractivity (Wildman–Crippen MR) is 66.7 cm³/mol. The summed E-state index contributed by atoms with van der Waals surface area (Å²) in [5.74, 6) is -0.0735. The molecule has 0 atom stereocenters. The number of rotatable bonds is 3. The van der Waals surface area contributed by atoms with E-state index in [0.717, 1.165) is 0 Å². The maximum atomic E-state index is 11.7. The van der Waals surface area contributed by atoms with Crippen molar-refractivity contribution >= 4 is 17.6 Å². The number of para-hydroxylation sites is 1. The van der Waals surface area contributed by atoms with Gasteiger partial charge in [-0.05, 0) is 17.7 Å². The molecule has 0 fully saturated rings. The molecule has 0 bridgehead atoms. The van der Waals surface area contributed by atoms with Crippen LogP contribution in [0.5, 0.6) is 5.75 Å². The second kappa shape index (κ2) is 5.51. The van der Waals surface area contributed by atoms with Gasteiger partial charge in [-0.1, -0.05) is 60.1 Å². The van der Waals surface area contributed by atoms with Crippen molar-refractivity contribution in [2.75, 3.05) is 0 Å². The number of esters is 1. The first-order valence-electron chi connectivity index (χ1n) is 5.12. The molecule has 0 amide bonds. The van der Waals surface area contributed by atoms with Crippen LogP contribution in [0.3, 0.4) is 0 Å². The molecule has 2 aromatic rings. The normalized spacial score (nSPS) is 10.2. The van der Waals surface area contributed by atoms with Gasteiger partial charge in [0.15, 0.2) is 0 Å². The quantitative estimate of drug-likeness (QED) is 0.612. The van der Waals surface area contributed by atoms with Gasteiger partial charge in [-0.25, -0.2) is 4.79 Å². The fraction of sp³-hybridized carbons (Fsp3) is 0. The van der Waals surface area contributed by atoms with Crippen molar-refractivity contribution in [1.82, 2.24) is 0 Å². The van der Waals surface area contributed by atoms with Crippen LogP contribution >= 0.6 is 11.6 Å². The first-order chi connectivity index (χ1) is 8.27. The van der Waals surface area contributed by atoms with Crippen LogP contribution in [0.2, 0.25) is 0 Å². The minimum atomic E-state index is -0.552. The zero-order valence-corrected chi connectivity index (χ0v) is 9.72. The summed E-state index contributed by atoms with van der Waals surface area (Å²) in [7, 11) is 0. The highest BCUT2D eigenvalue weighted by Crippen LogP contribution is 2.21. The number of halogens is 1. The largest absolute Gasteiger partial charge is 0.425 e. The van der Waals surface area contributed by atoms with E-state index in [1.807, 2.05) is 24.3 Å². The average molecular weight is 246 g/mol. The Kier molecular flexibility index (Phi) is 3.78. The molecule has 0 aliphatic heterocycles. The van der Waals surface area contributed by atoms with Gasteiger partial charge in [0.1, 0.15) is 5.75 Å². The fourth-order valence-corrected chi connectivity index (χ4v) is 1.51. The van der Waals surface area contributed by atoms with Gasteiger partial charge in [0.25, 0.3) is 0 Å². The topological polar surface area (TPSA) is 26.3 Å². The van der Waals surface area contributed by atoms with Crippen molar-refractivity contribution in [1.29, 1.82) is 0 Å². The summed E-state index contributed by atoms with van der Waals surface area (Å²) in [4.78, 5) is 11.7. The summed E-state index contributed by atoms with van der Waals surface area (Å²) in [5, 5.41) is 0.0782. The van der Waals surface area contributed by atoms with Crippen LogP contribution in [0.25, 0.3) is 0 Å². The summed E-state index contributed by atoms with van der Waals surface area (Å²) >= 11 is 5.95. The van der Waals surface area contributed by atoms with E-state index in [4.69, 9.17) is 16.3 Å². The molecule has 0 spiro atoms. The SMILES string of the molecule is O=C(Oc1ccccc1)[C](Cl)c1ccccc1. The molecule has 3 heteroatoms. The second-order valence-corrected chi connectivity index (χ2v) is 3.76. The van der Waals surface area contributed by atoms with Crippen LogP contribution in [0.15, 0.2) is 60.7 Å². The van der Waals surface area contributed by atoms with Gasteiger partial charge in [-0.2, -0.15) is 0 Å². The van der Waals surface area contributed by atoms with E-state index < -0.39 is 5.97 Å². The first kappa shape index (κ1) is 11.7. The lowest BCUT2D eigenvalue weighted by atomic mass is 10.1. The molecule has 1 radical (unpaired) electrons. The van der Waals surface area contributed by atoms with Gasteiger partial charge in [-0.3, -0.25) is 0 Å². The molecule has 2 rings (SSSR count). The molecule has 0 aliphatic rings. The van der Waals surface area contributed by atoms with E-state index in [0.29, 0.717) is 11.3 Å². The Labute approximate surface area is 105 Å². The van der Waals surface area contributed by atoms with Crippen LogP contribution in [0.1, 0.15) is 5.56 Å². The molecule has 85 valence electrons. The Balaban J connectivity index is 2.06. The first-order valence-corrected chi connectivity index (χ1v) is 5.50. The zero-order valence-electron chi connectivity index (χ0n) is 8.97. The maximum Gasteiger partial charge on any atom is 0.340 e. The summed E-state index contributed by atoms with van der Waals surface area (Å²) in [5.41, 5.74) is 0.648. The molecule has 2 nitrogen and oxygen atoms in total. The lowest BCUT2D eigenvalue weighted by molar-refractivity contribution is -0.130. The zero-order chi connectivity index (χ0) is 12.1. The highest BCUT2D eigenvalue weighted by molar-refractivity contribution is 6.40. The molecule has 0 heterocycles. The summed E-state index contributed by atoms with van der Waals surface area (Å²) in [6.07, 6.45) is 0. The van der Waals surface area contributed by atoms with Crippen molar-refractivity contribution in [2.45, 2.75) is 0 Å². The Hall–Kier alpha value is -1.80. The van der Waals surface area contributed by atoms with Crippen LogP contribution in [0.4, 0.5) is 0 Å². The molecular weight excluding hydrogens is 236 g/mol. The number of benzene rings is 2. The fourth-order valence-electron chi connectivity index (χ4n) is 1.34. The third-order valence-corrected chi connectivity index (χ3v) is 2.53. The average Bonchev–Trinajstić information content (AvgIpc) is 2.40. The second-order valence-electron chi connectivity index (χ2n) is 3.38. The molecule has 0 unspecified atom stereocenters. The van der Waals surface area contributed by atoms with Crippen molar-refractivity contribution in [3.8, 4) is 5.75 Å². The van der Waals surface area contributed by atoms with Gasteiger partial charge in [0.2, 0.25) is 5.38 Å². The van der Waals surface area contributed by atoms with Crippen LogP contribution < -0.4 is 4.74 Å². The van der Waals surface area contributed by atoms with Gasteiger partial charge >= 0.3 is 5.97 Å². The Morgan fingerprint density at radius 1 is 0.882 bits per heavy atom. The third kappa shape index (κ3) is 3.08. The Bertz CT molecular complexity index is 482. The number of carbonyl (C=O) groups is 1. The van der Waals surface area contributed by atoms with E-state index in [-0.39, 0.29) is 5.38 Å².